The average Bonchev–Trinajstić information content (AvgIpc) is 3.21. The van der Waals surface area contributed by atoms with E-state index in [4.69, 9.17) is 20.9 Å². The van der Waals surface area contributed by atoms with Crippen molar-refractivity contribution in [2.45, 2.75) is 33.3 Å². The summed E-state index contributed by atoms with van der Waals surface area (Å²) < 4.78 is 10.9. The first-order valence-corrected chi connectivity index (χ1v) is 10.1. The summed E-state index contributed by atoms with van der Waals surface area (Å²) in [5.41, 5.74) is 2.87. The lowest BCUT2D eigenvalue weighted by Crippen LogP contribution is -2.33. The largest absolute Gasteiger partial charge is 0.484 e. The first kappa shape index (κ1) is 21.6. The number of likely N-dealkylation sites (N-methyl/N-ethyl adjacent to an activating group) is 1. The molecule has 0 unspecified atom stereocenters. The molecular formula is C22H25ClN4O3. The van der Waals surface area contributed by atoms with Gasteiger partial charge in [0.05, 0.1) is 0 Å². The van der Waals surface area contributed by atoms with Gasteiger partial charge in [-0.1, -0.05) is 41.9 Å². The van der Waals surface area contributed by atoms with Crippen molar-refractivity contribution < 1.29 is 14.1 Å². The van der Waals surface area contributed by atoms with Gasteiger partial charge < -0.3 is 19.5 Å². The van der Waals surface area contributed by atoms with Gasteiger partial charge in [0.25, 0.3) is 5.89 Å². The standard InChI is InChI=1S/C22H25ClN4O3/c1-4-16-6-9-18(10-7-16)29-14-21-25-20(26-30-21)11-12-27(3)22(28)24-19-13-17(23)8-5-15(19)2/h5-10,13H,4,11-12,14H2,1-3H3,(H,24,28). The normalized spacial score (nSPS) is 10.7. The van der Waals surface area contributed by atoms with Crippen LogP contribution in [0.1, 0.15) is 29.8 Å². The Labute approximate surface area is 181 Å². The highest BCUT2D eigenvalue weighted by atomic mass is 35.5. The molecule has 2 amide bonds. The number of nitrogens with zero attached hydrogens (tertiary/aromatic N) is 3. The second-order valence-corrected chi connectivity index (χ2v) is 7.39. The van der Waals surface area contributed by atoms with Crippen molar-refractivity contribution in [3.63, 3.8) is 0 Å². The predicted octanol–water partition coefficient (Wildman–Crippen LogP) is 4.88. The highest BCUT2D eigenvalue weighted by Gasteiger charge is 2.13. The first-order valence-electron chi connectivity index (χ1n) is 9.76. The quantitative estimate of drug-likeness (QED) is 0.553. The molecule has 3 aromatic rings. The maximum atomic E-state index is 12.4. The molecule has 0 atom stereocenters. The molecule has 0 saturated carbocycles. The number of aryl methyl sites for hydroxylation is 2. The fourth-order valence-corrected chi connectivity index (χ4v) is 2.90. The Balaban J connectivity index is 1.46. The highest BCUT2D eigenvalue weighted by molar-refractivity contribution is 6.31. The lowest BCUT2D eigenvalue weighted by Gasteiger charge is -2.18. The van der Waals surface area contributed by atoms with Crippen LogP contribution in [-0.4, -0.2) is 34.7 Å². The molecular weight excluding hydrogens is 404 g/mol. The molecule has 0 radical (unpaired) electrons. The molecule has 3 rings (SSSR count). The van der Waals surface area contributed by atoms with Crippen molar-refractivity contribution in [3.05, 3.63) is 70.3 Å². The first-order chi connectivity index (χ1) is 14.4. The summed E-state index contributed by atoms with van der Waals surface area (Å²) in [5.74, 6) is 1.67. The zero-order valence-corrected chi connectivity index (χ0v) is 18.1. The summed E-state index contributed by atoms with van der Waals surface area (Å²) in [6.45, 7) is 4.65. The number of halogens is 1. The van der Waals surface area contributed by atoms with Crippen LogP contribution >= 0.6 is 11.6 Å². The number of benzene rings is 2. The van der Waals surface area contributed by atoms with E-state index in [0.717, 1.165) is 17.7 Å². The van der Waals surface area contributed by atoms with Gasteiger partial charge in [0.15, 0.2) is 12.4 Å². The molecule has 1 aromatic heterocycles. The average molecular weight is 429 g/mol. The lowest BCUT2D eigenvalue weighted by atomic mass is 10.2. The molecule has 0 fully saturated rings. The fourth-order valence-electron chi connectivity index (χ4n) is 2.73. The third-order valence-electron chi connectivity index (χ3n) is 4.66. The number of anilines is 1. The number of nitrogens with one attached hydrogen (secondary N) is 1. The lowest BCUT2D eigenvalue weighted by molar-refractivity contribution is 0.222. The molecule has 0 aliphatic rings. The molecule has 1 N–H and O–H groups in total. The van der Waals surface area contributed by atoms with E-state index in [0.29, 0.717) is 35.4 Å². The third-order valence-corrected chi connectivity index (χ3v) is 4.90. The minimum atomic E-state index is -0.233. The van der Waals surface area contributed by atoms with E-state index in [1.165, 1.54) is 5.56 Å². The van der Waals surface area contributed by atoms with E-state index in [1.807, 2.05) is 37.3 Å². The SMILES string of the molecule is CCc1ccc(OCc2nc(CCN(C)C(=O)Nc3cc(Cl)ccc3C)no2)cc1. The fraction of sp³-hybridized carbons (Fsp3) is 0.318. The van der Waals surface area contributed by atoms with Crippen molar-refractivity contribution in [2.24, 2.45) is 0 Å². The van der Waals surface area contributed by atoms with Crippen LogP contribution in [0.4, 0.5) is 10.5 Å². The molecule has 0 saturated heterocycles. The summed E-state index contributed by atoms with van der Waals surface area (Å²) >= 11 is 6.00. The monoisotopic (exact) mass is 428 g/mol. The number of carbonyl (C=O) groups excluding carboxylic acids is 1. The van der Waals surface area contributed by atoms with E-state index >= 15 is 0 Å². The van der Waals surface area contributed by atoms with Gasteiger partial charge in [0.2, 0.25) is 0 Å². The molecule has 0 aliphatic carbocycles. The summed E-state index contributed by atoms with van der Waals surface area (Å²) in [6.07, 6.45) is 1.45. The van der Waals surface area contributed by atoms with Gasteiger partial charge in [-0.3, -0.25) is 0 Å². The Morgan fingerprint density at radius 1 is 1.23 bits per heavy atom. The minimum Gasteiger partial charge on any atom is -0.484 e. The molecule has 0 spiro atoms. The molecule has 0 bridgehead atoms. The highest BCUT2D eigenvalue weighted by Crippen LogP contribution is 2.20. The predicted molar refractivity (Wildman–Crippen MR) is 116 cm³/mol. The van der Waals surface area contributed by atoms with E-state index in [1.54, 1.807) is 24.1 Å². The maximum Gasteiger partial charge on any atom is 0.321 e. The van der Waals surface area contributed by atoms with Crippen LogP contribution in [0.15, 0.2) is 47.0 Å². The topological polar surface area (TPSA) is 80.5 Å². The van der Waals surface area contributed by atoms with Crippen LogP contribution in [0.5, 0.6) is 5.75 Å². The molecule has 1 heterocycles. The Hall–Kier alpha value is -3.06. The van der Waals surface area contributed by atoms with Crippen LogP contribution in [-0.2, 0) is 19.4 Å². The zero-order chi connectivity index (χ0) is 21.5. The second-order valence-electron chi connectivity index (χ2n) is 6.95. The van der Waals surface area contributed by atoms with Gasteiger partial charge in [0, 0.05) is 30.7 Å². The Bertz CT molecular complexity index is 988. The summed E-state index contributed by atoms with van der Waals surface area (Å²) in [4.78, 5) is 18.3. The molecule has 7 nitrogen and oxygen atoms in total. The Morgan fingerprint density at radius 2 is 2.00 bits per heavy atom. The number of ether oxygens (including phenoxy) is 1. The molecule has 2 aromatic carbocycles. The second kappa shape index (κ2) is 10.1. The van der Waals surface area contributed by atoms with Gasteiger partial charge >= 0.3 is 6.03 Å². The Kier molecular flexibility index (Phi) is 7.30. The van der Waals surface area contributed by atoms with Gasteiger partial charge in [-0.25, -0.2) is 4.79 Å². The van der Waals surface area contributed by atoms with Crippen LogP contribution < -0.4 is 10.1 Å². The molecule has 158 valence electrons. The number of aromatic nitrogens is 2. The third kappa shape index (κ3) is 5.97. The van der Waals surface area contributed by atoms with Crippen molar-refractivity contribution in [3.8, 4) is 5.75 Å². The van der Waals surface area contributed by atoms with E-state index < -0.39 is 0 Å². The number of hydrogen-bond donors (Lipinski definition) is 1. The smallest absolute Gasteiger partial charge is 0.321 e. The number of urea groups is 1. The number of hydrogen-bond acceptors (Lipinski definition) is 5. The van der Waals surface area contributed by atoms with E-state index in [-0.39, 0.29) is 12.6 Å². The van der Waals surface area contributed by atoms with Crippen molar-refractivity contribution in [1.29, 1.82) is 0 Å². The van der Waals surface area contributed by atoms with Crippen molar-refractivity contribution >= 4 is 23.3 Å². The van der Waals surface area contributed by atoms with E-state index in [9.17, 15) is 4.79 Å². The Morgan fingerprint density at radius 3 is 2.73 bits per heavy atom. The summed E-state index contributed by atoms with van der Waals surface area (Å²) in [6, 6.07) is 13.0. The molecule has 8 heteroatoms. The molecule has 0 aliphatic heterocycles. The van der Waals surface area contributed by atoms with Crippen LogP contribution in [0, 0.1) is 6.92 Å². The van der Waals surface area contributed by atoms with Crippen molar-refractivity contribution in [2.75, 3.05) is 18.9 Å². The summed E-state index contributed by atoms with van der Waals surface area (Å²) in [7, 11) is 1.71. The number of carbonyl (C=O) groups is 1. The molecule has 30 heavy (non-hydrogen) atoms. The van der Waals surface area contributed by atoms with Crippen LogP contribution in [0.25, 0.3) is 0 Å². The number of rotatable bonds is 8. The summed E-state index contributed by atoms with van der Waals surface area (Å²) in [5, 5.41) is 7.38. The van der Waals surface area contributed by atoms with Gasteiger partial charge in [0.1, 0.15) is 5.75 Å². The van der Waals surface area contributed by atoms with Crippen LogP contribution in [0.3, 0.4) is 0 Å². The minimum absolute atomic E-state index is 0.197. The van der Waals surface area contributed by atoms with Gasteiger partial charge in [-0.2, -0.15) is 4.98 Å². The zero-order valence-electron chi connectivity index (χ0n) is 17.3. The number of amides is 2. The van der Waals surface area contributed by atoms with Crippen molar-refractivity contribution in [1.82, 2.24) is 15.0 Å². The van der Waals surface area contributed by atoms with Crippen LogP contribution in [0.2, 0.25) is 5.02 Å². The van der Waals surface area contributed by atoms with Gasteiger partial charge in [-0.05, 0) is 48.7 Å². The van der Waals surface area contributed by atoms with Gasteiger partial charge in [-0.15, -0.1) is 0 Å². The van der Waals surface area contributed by atoms with E-state index in [2.05, 4.69) is 22.4 Å². The maximum absolute atomic E-state index is 12.4.